The number of hydrogen-bond donors (Lipinski definition) is 1. The molecule has 74 valence electrons. The molecule has 1 atom stereocenters. The number of hydrogen-bond acceptors (Lipinski definition) is 2. The van der Waals surface area contributed by atoms with Crippen LogP contribution < -0.4 is 5.43 Å². The second-order valence-corrected chi connectivity index (χ2v) is 3.57. The molecule has 3 nitrogen and oxygen atoms in total. The number of rotatable bonds is 2. The van der Waals surface area contributed by atoms with Gasteiger partial charge < -0.3 is 0 Å². The zero-order chi connectivity index (χ0) is 9.97. The van der Waals surface area contributed by atoms with Crippen LogP contribution in [0.1, 0.15) is 12.8 Å². The predicted octanol–water partition coefficient (Wildman–Crippen LogP) is 1.16. The summed E-state index contributed by atoms with van der Waals surface area (Å²) in [4.78, 5) is 11.3. The van der Waals surface area contributed by atoms with Gasteiger partial charge in [-0.05, 0) is 12.0 Å². The van der Waals surface area contributed by atoms with Gasteiger partial charge in [0.1, 0.15) is 0 Å². The van der Waals surface area contributed by atoms with E-state index >= 15 is 0 Å². The van der Waals surface area contributed by atoms with Gasteiger partial charge in [0.15, 0.2) is 0 Å². The molecule has 0 aromatic heterocycles. The first-order chi connectivity index (χ1) is 6.77. The standard InChI is InChI=1S/C11H14N2O/c1-9-5-2-3-6-10(9)12-13-8-4-7-11(13)14/h2-3,5-6,10,12H,1,4,7-8H2. The third-order valence-electron chi connectivity index (χ3n) is 2.49. The van der Waals surface area contributed by atoms with Crippen molar-refractivity contribution in [1.82, 2.24) is 10.4 Å². The molecule has 0 aromatic rings. The van der Waals surface area contributed by atoms with Gasteiger partial charge in [0.2, 0.25) is 5.91 Å². The highest BCUT2D eigenvalue weighted by Crippen LogP contribution is 2.13. The molecule has 1 unspecified atom stereocenters. The number of hydrazine groups is 1. The third-order valence-corrected chi connectivity index (χ3v) is 2.49. The summed E-state index contributed by atoms with van der Waals surface area (Å²) in [5, 5.41) is 1.69. The van der Waals surface area contributed by atoms with Gasteiger partial charge >= 0.3 is 0 Å². The fraction of sp³-hybridized carbons (Fsp3) is 0.364. The van der Waals surface area contributed by atoms with Crippen molar-refractivity contribution in [3.05, 3.63) is 36.5 Å². The van der Waals surface area contributed by atoms with Crippen LogP contribution in [0.2, 0.25) is 0 Å². The Bertz CT molecular complexity index is 317. The van der Waals surface area contributed by atoms with E-state index in [9.17, 15) is 4.79 Å². The summed E-state index contributed by atoms with van der Waals surface area (Å²) in [7, 11) is 0. The lowest BCUT2D eigenvalue weighted by Gasteiger charge is -2.24. The lowest BCUT2D eigenvalue weighted by atomic mass is 10.1. The van der Waals surface area contributed by atoms with Crippen LogP contribution in [-0.4, -0.2) is 23.5 Å². The zero-order valence-electron chi connectivity index (χ0n) is 8.07. The first kappa shape index (κ1) is 9.21. The zero-order valence-corrected chi connectivity index (χ0v) is 8.07. The molecule has 1 saturated heterocycles. The van der Waals surface area contributed by atoms with E-state index in [1.54, 1.807) is 5.01 Å². The van der Waals surface area contributed by atoms with E-state index in [0.717, 1.165) is 18.5 Å². The maximum absolute atomic E-state index is 11.3. The minimum Gasteiger partial charge on any atom is -0.277 e. The summed E-state index contributed by atoms with van der Waals surface area (Å²) in [5.74, 6) is 0.181. The van der Waals surface area contributed by atoms with E-state index in [1.165, 1.54) is 0 Å². The molecule has 2 rings (SSSR count). The monoisotopic (exact) mass is 190 g/mol. The molecule has 1 aliphatic carbocycles. The van der Waals surface area contributed by atoms with Crippen LogP contribution in [-0.2, 0) is 4.79 Å². The van der Waals surface area contributed by atoms with Crippen molar-refractivity contribution in [3.63, 3.8) is 0 Å². The van der Waals surface area contributed by atoms with E-state index in [4.69, 9.17) is 0 Å². The molecule has 1 fully saturated rings. The molecular formula is C11H14N2O. The smallest absolute Gasteiger partial charge is 0.236 e. The average Bonchev–Trinajstić information content (AvgIpc) is 2.56. The highest BCUT2D eigenvalue weighted by atomic mass is 16.2. The number of carbonyl (C=O) groups is 1. The Morgan fingerprint density at radius 2 is 2.36 bits per heavy atom. The van der Waals surface area contributed by atoms with E-state index in [0.29, 0.717) is 6.42 Å². The summed E-state index contributed by atoms with van der Waals surface area (Å²) < 4.78 is 0. The molecule has 0 saturated carbocycles. The molecule has 0 bridgehead atoms. The van der Waals surface area contributed by atoms with Crippen LogP contribution >= 0.6 is 0 Å². The van der Waals surface area contributed by atoms with Crippen molar-refractivity contribution < 1.29 is 4.79 Å². The maximum atomic E-state index is 11.3. The van der Waals surface area contributed by atoms with Gasteiger partial charge in [-0.15, -0.1) is 0 Å². The van der Waals surface area contributed by atoms with E-state index in [-0.39, 0.29) is 11.9 Å². The highest BCUT2D eigenvalue weighted by molar-refractivity contribution is 5.77. The SMILES string of the molecule is C=C1C=CC=CC1NN1CCCC1=O. The molecule has 0 spiro atoms. The van der Waals surface area contributed by atoms with Crippen LogP contribution in [0, 0.1) is 0 Å². The molecule has 3 heteroatoms. The molecule has 1 aliphatic heterocycles. The van der Waals surface area contributed by atoms with Crippen molar-refractivity contribution in [2.75, 3.05) is 6.54 Å². The molecule has 14 heavy (non-hydrogen) atoms. The molecule has 1 heterocycles. The number of nitrogens with zero attached hydrogens (tertiary/aromatic N) is 1. The Hall–Kier alpha value is -1.35. The van der Waals surface area contributed by atoms with Crippen molar-refractivity contribution in [1.29, 1.82) is 0 Å². The Morgan fingerprint density at radius 1 is 1.50 bits per heavy atom. The fourth-order valence-corrected chi connectivity index (χ4v) is 1.66. The Labute approximate surface area is 83.7 Å². The molecule has 0 aromatic carbocycles. The van der Waals surface area contributed by atoms with Gasteiger partial charge in [0.25, 0.3) is 0 Å². The van der Waals surface area contributed by atoms with E-state index in [2.05, 4.69) is 12.0 Å². The van der Waals surface area contributed by atoms with Crippen LogP contribution in [0.4, 0.5) is 0 Å². The third kappa shape index (κ3) is 1.77. The summed E-state index contributed by atoms with van der Waals surface area (Å²) in [6.45, 7) is 4.73. The normalized spacial score (nSPS) is 26.3. The van der Waals surface area contributed by atoms with Gasteiger partial charge in [0.05, 0.1) is 6.04 Å². The van der Waals surface area contributed by atoms with E-state index in [1.807, 2.05) is 24.3 Å². The van der Waals surface area contributed by atoms with Crippen molar-refractivity contribution in [2.24, 2.45) is 0 Å². The topological polar surface area (TPSA) is 32.3 Å². The second kappa shape index (κ2) is 3.80. The molecule has 1 amide bonds. The number of allylic oxidation sites excluding steroid dienone is 2. The lowest BCUT2D eigenvalue weighted by Crippen LogP contribution is -2.45. The average molecular weight is 190 g/mol. The number of carbonyl (C=O) groups excluding carboxylic acids is 1. The van der Waals surface area contributed by atoms with Crippen LogP contribution in [0.3, 0.4) is 0 Å². The minimum atomic E-state index is 0.0713. The molecular weight excluding hydrogens is 176 g/mol. The molecule has 2 aliphatic rings. The first-order valence-corrected chi connectivity index (χ1v) is 4.87. The van der Waals surface area contributed by atoms with Crippen molar-refractivity contribution in [3.8, 4) is 0 Å². The molecule has 0 radical (unpaired) electrons. The largest absolute Gasteiger partial charge is 0.277 e. The van der Waals surface area contributed by atoms with Crippen molar-refractivity contribution >= 4 is 5.91 Å². The van der Waals surface area contributed by atoms with Crippen LogP contribution in [0.25, 0.3) is 0 Å². The summed E-state index contributed by atoms with van der Waals surface area (Å²) in [5.41, 5.74) is 4.16. The van der Waals surface area contributed by atoms with Gasteiger partial charge in [0, 0.05) is 13.0 Å². The highest BCUT2D eigenvalue weighted by Gasteiger charge is 2.22. The van der Waals surface area contributed by atoms with Crippen LogP contribution in [0.15, 0.2) is 36.5 Å². The Morgan fingerprint density at radius 3 is 3.00 bits per heavy atom. The first-order valence-electron chi connectivity index (χ1n) is 4.87. The maximum Gasteiger partial charge on any atom is 0.236 e. The minimum absolute atomic E-state index is 0.0713. The lowest BCUT2D eigenvalue weighted by molar-refractivity contribution is -0.130. The Kier molecular flexibility index (Phi) is 2.50. The van der Waals surface area contributed by atoms with Crippen molar-refractivity contribution in [2.45, 2.75) is 18.9 Å². The summed E-state index contributed by atoms with van der Waals surface area (Å²) in [6, 6.07) is 0.0713. The molecule has 1 N–H and O–H groups in total. The summed E-state index contributed by atoms with van der Waals surface area (Å²) in [6.07, 6.45) is 9.49. The predicted molar refractivity (Wildman–Crippen MR) is 55.3 cm³/mol. The second-order valence-electron chi connectivity index (χ2n) is 3.57. The quantitative estimate of drug-likeness (QED) is 0.708. The number of nitrogens with one attached hydrogen (secondary N) is 1. The van der Waals surface area contributed by atoms with Gasteiger partial charge in [-0.3, -0.25) is 9.80 Å². The van der Waals surface area contributed by atoms with Crippen LogP contribution in [0.5, 0.6) is 0 Å². The number of amides is 1. The Balaban J connectivity index is 1.97. The van der Waals surface area contributed by atoms with Gasteiger partial charge in [-0.25, -0.2) is 5.43 Å². The van der Waals surface area contributed by atoms with Gasteiger partial charge in [-0.2, -0.15) is 0 Å². The van der Waals surface area contributed by atoms with Gasteiger partial charge in [-0.1, -0.05) is 30.9 Å². The summed E-state index contributed by atoms with van der Waals surface area (Å²) >= 11 is 0. The fourth-order valence-electron chi connectivity index (χ4n) is 1.66. The van der Waals surface area contributed by atoms with E-state index < -0.39 is 0 Å².